The SMILES string of the molecule is CCCCCCCCCCCC(=O)N[C@H]1CC[C@@]2(C)C(CC(O)C3C2C[C@H](O)[C@@]2(C)C3CC[C@@H]2[C@H](C)CCC(=O)O)C1. The van der Waals surface area contributed by atoms with Gasteiger partial charge in [0.1, 0.15) is 0 Å². The van der Waals surface area contributed by atoms with E-state index in [0.29, 0.717) is 30.6 Å². The van der Waals surface area contributed by atoms with Crippen LogP contribution in [0.25, 0.3) is 0 Å². The van der Waals surface area contributed by atoms with E-state index < -0.39 is 12.1 Å². The summed E-state index contributed by atoms with van der Waals surface area (Å²) in [5.74, 6) is 1.14. The van der Waals surface area contributed by atoms with Crippen molar-refractivity contribution in [3.63, 3.8) is 0 Å². The van der Waals surface area contributed by atoms with Gasteiger partial charge in [0.25, 0.3) is 0 Å². The lowest BCUT2D eigenvalue weighted by Gasteiger charge is -2.63. The molecule has 6 heteroatoms. The minimum Gasteiger partial charge on any atom is -0.481 e. The number of carbonyl (C=O) groups is 2. The van der Waals surface area contributed by atoms with E-state index in [1.807, 2.05) is 0 Å². The fraction of sp³-hybridized carbons (Fsp3) is 0.944. The van der Waals surface area contributed by atoms with Crippen LogP contribution in [0, 0.1) is 46.3 Å². The van der Waals surface area contributed by atoms with Crippen LogP contribution >= 0.6 is 0 Å². The Hall–Kier alpha value is -1.14. The second-order valence-corrected chi connectivity index (χ2v) is 15.6. The number of carboxylic acid groups (broad SMARTS) is 1. The van der Waals surface area contributed by atoms with E-state index in [-0.39, 0.29) is 53.1 Å². The van der Waals surface area contributed by atoms with Crippen LogP contribution in [0.15, 0.2) is 0 Å². The van der Waals surface area contributed by atoms with Crippen molar-refractivity contribution >= 4 is 11.9 Å². The molecule has 4 aliphatic carbocycles. The minimum atomic E-state index is -0.747. The molecule has 0 saturated heterocycles. The second-order valence-electron chi connectivity index (χ2n) is 15.6. The second kappa shape index (κ2) is 14.8. The zero-order chi connectivity index (χ0) is 30.5. The average Bonchev–Trinajstić information content (AvgIpc) is 3.30. The molecule has 0 aliphatic heterocycles. The lowest BCUT2D eigenvalue weighted by atomic mass is 9.43. The first-order chi connectivity index (χ1) is 20.0. The molecule has 4 aliphatic rings. The molecule has 0 aromatic carbocycles. The molecule has 4 rings (SSSR count). The van der Waals surface area contributed by atoms with Crippen LogP contribution < -0.4 is 5.32 Å². The van der Waals surface area contributed by atoms with Gasteiger partial charge in [-0.3, -0.25) is 9.59 Å². The molecule has 11 atom stereocenters. The first-order valence-electron chi connectivity index (χ1n) is 17.9. The van der Waals surface area contributed by atoms with Gasteiger partial charge in [0.05, 0.1) is 12.2 Å². The van der Waals surface area contributed by atoms with Crippen LogP contribution in [0.1, 0.15) is 150 Å². The molecule has 4 saturated carbocycles. The van der Waals surface area contributed by atoms with E-state index >= 15 is 0 Å². The average molecular weight is 590 g/mol. The Balaban J connectivity index is 1.29. The number of hydrogen-bond acceptors (Lipinski definition) is 4. The van der Waals surface area contributed by atoms with Crippen molar-refractivity contribution in [2.24, 2.45) is 46.3 Å². The third-order valence-electron chi connectivity index (χ3n) is 13.2. The Labute approximate surface area is 256 Å². The van der Waals surface area contributed by atoms with Crippen molar-refractivity contribution < 1.29 is 24.9 Å². The van der Waals surface area contributed by atoms with Crippen LogP contribution in [0.5, 0.6) is 0 Å². The molecule has 6 nitrogen and oxygen atoms in total. The first-order valence-corrected chi connectivity index (χ1v) is 17.9. The van der Waals surface area contributed by atoms with Gasteiger partial charge in [0.15, 0.2) is 0 Å². The van der Waals surface area contributed by atoms with E-state index in [9.17, 15) is 24.9 Å². The maximum absolute atomic E-state index is 12.8. The predicted molar refractivity (Wildman–Crippen MR) is 168 cm³/mol. The van der Waals surface area contributed by atoms with E-state index in [4.69, 9.17) is 0 Å². The third-order valence-corrected chi connectivity index (χ3v) is 13.2. The molecular weight excluding hydrogens is 526 g/mol. The minimum absolute atomic E-state index is 0.0809. The molecule has 0 aromatic rings. The summed E-state index contributed by atoms with van der Waals surface area (Å²) in [7, 11) is 0. The Morgan fingerprint density at radius 1 is 0.857 bits per heavy atom. The molecule has 0 heterocycles. The number of rotatable bonds is 15. The highest BCUT2D eigenvalue weighted by Gasteiger charge is 2.65. The fourth-order valence-electron chi connectivity index (χ4n) is 10.7. The van der Waals surface area contributed by atoms with E-state index in [2.05, 4.69) is 33.0 Å². The van der Waals surface area contributed by atoms with Gasteiger partial charge in [0.2, 0.25) is 5.91 Å². The maximum atomic E-state index is 12.8. The number of amides is 1. The van der Waals surface area contributed by atoms with Crippen molar-refractivity contribution in [1.82, 2.24) is 5.32 Å². The molecule has 0 spiro atoms. The van der Waals surface area contributed by atoms with Crippen LogP contribution in [0.4, 0.5) is 0 Å². The molecule has 0 radical (unpaired) electrons. The highest BCUT2D eigenvalue weighted by molar-refractivity contribution is 5.76. The van der Waals surface area contributed by atoms with Gasteiger partial charge >= 0.3 is 5.97 Å². The van der Waals surface area contributed by atoms with E-state index in [1.165, 1.54) is 44.9 Å². The van der Waals surface area contributed by atoms with Crippen molar-refractivity contribution in [3.8, 4) is 0 Å². The van der Waals surface area contributed by atoms with Gasteiger partial charge < -0.3 is 20.6 Å². The predicted octanol–water partition coefficient (Wildman–Crippen LogP) is 7.49. The lowest BCUT2D eigenvalue weighted by molar-refractivity contribution is -0.202. The summed E-state index contributed by atoms with van der Waals surface area (Å²) < 4.78 is 0. The molecule has 0 bridgehead atoms. The Morgan fingerprint density at radius 2 is 1.52 bits per heavy atom. The van der Waals surface area contributed by atoms with Crippen LogP contribution in [-0.2, 0) is 9.59 Å². The quantitative estimate of drug-likeness (QED) is 0.148. The normalized spacial score (nSPS) is 40.0. The molecule has 42 heavy (non-hydrogen) atoms. The number of carboxylic acids is 1. The number of nitrogens with one attached hydrogen (secondary N) is 1. The zero-order valence-corrected chi connectivity index (χ0v) is 27.3. The maximum Gasteiger partial charge on any atom is 0.303 e. The summed E-state index contributed by atoms with van der Waals surface area (Å²) >= 11 is 0. The summed E-state index contributed by atoms with van der Waals surface area (Å²) in [5, 5.41) is 36.0. The number of hydrogen-bond donors (Lipinski definition) is 4. The summed E-state index contributed by atoms with van der Waals surface area (Å²) in [6, 6.07) is 0.197. The smallest absolute Gasteiger partial charge is 0.303 e. The van der Waals surface area contributed by atoms with Gasteiger partial charge in [-0.2, -0.15) is 0 Å². The van der Waals surface area contributed by atoms with Crippen LogP contribution in [-0.4, -0.2) is 45.4 Å². The summed E-state index contributed by atoms with van der Waals surface area (Å²) in [5.41, 5.74) is -0.179. The molecule has 5 unspecified atom stereocenters. The highest BCUT2D eigenvalue weighted by atomic mass is 16.4. The fourth-order valence-corrected chi connectivity index (χ4v) is 10.7. The number of carbonyl (C=O) groups excluding carboxylic acids is 1. The number of unbranched alkanes of at least 4 members (excludes halogenated alkanes) is 8. The van der Waals surface area contributed by atoms with Crippen LogP contribution in [0.2, 0.25) is 0 Å². The molecule has 4 fully saturated rings. The Bertz CT molecular complexity index is 894. The lowest BCUT2D eigenvalue weighted by Crippen LogP contribution is -2.63. The number of aliphatic hydroxyl groups is 2. The molecule has 242 valence electrons. The first kappa shape index (κ1) is 33.7. The van der Waals surface area contributed by atoms with Gasteiger partial charge in [-0.15, -0.1) is 0 Å². The summed E-state index contributed by atoms with van der Waals surface area (Å²) in [4.78, 5) is 24.0. The van der Waals surface area contributed by atoms with Gasteiger partial charge in [0, 0.05) is 18.9 Å². The van der Waals surface area contributed by atoms with Gasteiger partial charge in [-0.25, -0.2) is 0 Å². The van der Waals surface area contributed by atoms with Gasteiger partial charge in [-0.1, -0.05) is 79.1 Å². The highest BCUT2D eigenvalue weighted by Crippen LogP contribution is 2.68. The topological polar surface area (TPSA) is 107 Å². The largest absolute Gasteiger partial charge is 0.481 e. The number of aliphatic hydroxyl groups excluding tert-OH is 2. The molecule has 4 N–H and O–H groups in total. The standard InChI is InChI=1S/C36H63NO5/c1-5-6-7-8-9-10-11-12-13-14-32(40)37-26-19-20-35(3)25(21-26)22-30(38)34-28-17-16-27(24(2)15-18-33(41)42)36(28,4)31(39)23-29(34)35/h24-31,34,38-39H,5-23H2,1-4H3,(H,37,40)(H,41,42)/t24-,25?,26+,27-,28?,29?,30?,31+,34?,35+,36-/m1/s1. The summed E-state index contributed by atoms with van der Waals surface area (Å²) in [6.07, 6.45) is 18.5. The molecular formula is C36H63NO5. The van der Waals surface area contributed by atoms with Crippen molar-refractivity contribution in [3.05, 3.63) is 0 Å². The zero-order valence-electron chi connectivity index (χ0n) is 27.3. The Morgan fingerprint density at radius 3 is 2.19 bits per heavy atom. The van der Waals surface area contributed by atoms with Crippen molar-refractivity contribution in [1.29, 1.82) is 0 Å². The van der Waals surface area contributed by atoms with E-state index in [1.54, 1.807) is 0 Å². The molecule has 0 aromatic heterocycles. The van der Waals surface area contributed by atoms with Gasteiger partial charge in [-0.05, 0) is 104 Å². The molecule has 1 amide bonds. The number of fused-ring (bicyclic) bond motifs is 5. The summed E-state index contributed by atoms with van der Waals surface area (Å²) in [6.45, 7) is 9.08. The third kappa shape index (κ3) is 7.22. The van der Waals surface area contributed by atoms with Crippen molar-refractivity contribution in [2.45, 2.75) is 168 Å². The van der Waals surface area contributed by atoms with Crippen molar-refractivity contribution in [2.75, 3.05) is 0 Å². The number of aliphatic carboxylic acids is 1. The van der Waals surface area contributed by atoms with Crippen LogP contribution in [0.3, 0.4) is 0 Å². The van der Waals surface area contributed by atoms with E-state index in [0.717, 1.165) is 57.8 Å². The monoisotopic (exact) mass is 589 g/mol. The Kier molecular flexibility index (Phi) is 11.9.